The largest absolute Gasteiger partial charge is 0.419 e. The molecule has 9 heteroatoms. The van der Waals surface area contributed by atoms with Gasteiger partial charge in [-0.05, 0) is 19.1 Å². The number of nitrogens with one attached hydrogen (secondary N) is 2. The van der Waals surface area contributed by atoms with E-state index in [1.165, 1.54) is 6.92 Å². The summed E-state index contributed by atoms with van der Waals surface area (Å²) in [6.07, 6.45) is -4.83. The number of halogens is 4. The summed E-state index contributed by atoms with van der Waals surface area (Å²) in [6, 6.07) is 4.01. The molecule has 1 unspecified atom stereocenters. The number of hydrogen-bond acceptors (Lipinski definition) is 3. The maximum absolute atomic E-state index is 14.0. The maximum atomic E-state index is 14.0. The summed E-state index contributed by atoms with van der Waals surface area (Å²) >= 11 is 0. The van der Waals surface area contributed by atoms with Gasteiger partial charge in [0.05, 0.1) is 11.6 Å². The van der Waals surface area contributed by atoms with E-state index in [0.29, 0.717) is 6.07 Å². The van der Waals surface area contributed by atoms with Gasteiger partial charge in [0.1, 0.15) is 11.5 Å². The summed E-state index contributed by atoms with van der Waals surface area (Å²) in [4.78, 5) is 22.8. The van der Waals surface area contributed by atoms with Crippen molar-refractivity contribution in [3.8, 4) is 0 Å². The fourth-order valence-corrected chi connectivity index (χ4v) is 1.92. The number of hydrogen-bond donors (Lipinski definition) is 2. The van der Waals surface area contributed by atoms with Crippen LogP contribution in [0.3, 0.4) is 0 Å². The molecule has 1 aromatic heterocycles. The summed E-state index contributed by atoms with van der Waals surface area (Å²) in [6.45, 7) is 1.34. The summed E-state index contributed by atoms with van der Waals surface area (Å²) in [5.74, 6) is -2.20. The van der Waals surface area contributed by atoms with Crippen LogP contribution in [-0.2, 0) is 6.18 Å². The quantitative estimate of drug-likeness (QED) is 0.849. The fraction of sp³-hybridized carbons (Fsp3) is 0.214. The first-order chi connectivity index (χ1) is 10.7. The Balaban J connectivity index is 2.24. The van der Waals surface area contributed by atoms with Crippen molar-refractivity contribution in [2.45, 2.75) is 19.1 Å². The molecular formula is C14H11F4N3O2. The molecule has 1 atom stereocenters. The van der Waals surface area contributed by atoms with Crippen molar-refractivity contribution in [2.75, 3.05) is 0 Å². The van der Waals surface area contributed by atoms with Gasteiger partial charge >= 0.3 is 6.18 Å². The van der Waals surface area contributed by atoms with Gasteiger partial charge in [-0.15, -0.1) is 0 Å². The molecule has 0 radical (unpaired) electrons. The van der Waals surface area contributed by atoms with Crippen LogP contribution in [0.5, 0.6) is 0 Å². The predicted octanol–water partition coefficient (Wildman–Crippen LogP) is 2.42. The van der Waals surface area contributed by atoms with Gasteiger partial charge < -0.3 is 5.32 Å². The molecular weight excluding hydrogens is 318 g/mol. The second kappa shape index (κ2) is 6.19. The number of rotatable bonds is 3. The highest BCUT2D eigenvalue weighted by Gasteiger charge is 2.35. The second-order valence-corrected chi connectivity index (χ2v) is 4.71. The first kappa shape index (κ1) is 16.7. The zero-order valence-corrected chi connectivity index (χ0v) is 11.7. The van der Waals surface area contributed by atoms with Gasteiger partial charge in [0.25, 0.3) is 11.5 Å². The summed E-state index contributed by atoms with van der Waals surface area (Å²) < 4.78 is 52.0. The molecule has 0 spiro atoms. The van der Waals surface area contributed by atoms with Gasteiger partial charge in [-0.25, -0.2) is 9.49 Å². The molecule has 1 heterocycles. The van der Waals surface area contributed by atoms with Crippen molar-refractivity contribution >= 4 is 5.91 Å². The third-order valence-electron chi connectivity index (χ3n) is 3.06. The number of carbonyl (C=O) groups is 1. The van der Waals surface area contributed by atoms with Crippen LogP contribution in [-0.4, -0.2) is 16.1 Å². The van der Waals surface area contributed by atoms with Crippen molar-refractivity contribution in [1.29, 1.82) is 0 Å². The van der Waals surface area contributed by atoms with Crippen LogP contribution in [0.1, 0.15) is 34.6 Å². The van der Waals surface area contributed by atoms with E-state index in [2.05, 4.69) is 10.4 Å². The molecule has 5 nitrogen and oxygen atoms in total. The zero-order chi connectivity index (χ0) is 17.2. The van der Waals surface area contributed by atoms with Gasteiger partial charge in [-0.1, -0.05) is 12.1 Å². The lowest BCUT2D eigenvalue weighted by Gasteiger charge is -2.17. The lowest BCUT2D eigenvalue weighted by atomic mass is 10.0. The molecule has 0 fully saturated rings. The molecule has 0 aliphatic rings. The van der Waals surface area contributed by atoms with E-state index >= 15 is 0 Å². The Morgan fingerprint density at radius 2 is 1.96 bits per heavy atom. The molecule has 0 saturated heterocycles. The number of benzene rings is 1. The number of carbonyl (C=O) groups excluding carboxylic acids is 1. The van der Waals surface area contributed by atoms with Crippen LogP contribution in [0.4, 0.5) is 17.6 Å². The Kier molecular flexibility index (Phi) is 4.48. The Hall–Kier alpha value is -2.71. The predicted molar refractivity (Wildman–Crippen MR) is 72.1 cm³/mol. The summed E-state index contributed by atoms with van der Waals surface area (Å²) in [7, 11) is 0. The number of amides is 1. The highest BCUT2D eigenvalue weighted by Crippen LogP contribution is 2.33. The Morgan fingerprint density at radius 3 is 2.52 bits per heavy atom. The van der Waals surface area contributed by atoms with E-state index in [1.807, 2.05) is 5.10 Å². The van der Waals surface area contributed by atoms with Gasteiger partial charge in [0, 0.05) is 11.6 Å². The maximum Gasteiger partial charge on any atom is 0.419 e. The first-order valence-electron chi connectivity index (χ1n) is 6.42. The van der Waals surface area contributed by atoms with Crippen LogP contribution in [0, 0.1) is 5.82 Å². The lowest BCUT2D eigenvalue weighted by Crippen LogP contribution is -2.29. The highest BCUT2D eigenvalue weighted by molar-refractivity contribution is 5.92. The van der Waals surface area contributed by atoms with Crippen LogP contribution in [0.25, 0.3) is 0 Å². The molecule has 0 bridgehead atoms. The Morgan fingerprint density at radius 1 is 1.26 bits per heavy atom. The molecule has 2 N–H and O–H groups in total. The van der Waals surface area contributed by atoms with Gasteiger partial charge in [0.15, 0.2) is 0 Å². The van der Waals surface area contributed by atoms with Crippen molar-refractivity contribution in [3.63, 3.8) is 0 Å². The van der Waals surface area contributed by atoms with Gasteiger partial charge in [-0.3, -0.25) is 9.59 Å². The molecule has 1 amide bonds. The minimum atomic E-state index is -4.83. The molecule has 0 aliphatic carbocycles. The number of alkyl halides is 3. The van der Waals surface area contributed by atoms with E-state index < -0.39 is 35.1 Å². The van der Waals surface area contributed by atoms with Crippen molar-refractivity contribution in [2.24, 2.45) is 0 Å². The number of H-pyrrole nitrogens is 1. The monoisotopic (exact) mass is 329 g/mol. The van der Waals surface area contributed by atoms with Crippen LogP contribution in [0.2, 0.25) is 0 Å². The Bertz CT molecular complexity index is 766. The molecule has 0 saturated carbocycles. The first-order valence-corrected chi connectivity index (χ1v) is 6.42. The minimum absolute atomic E-state index is 0.149. The SMILES string of the molecule is CC(NC(=O)c1ccc(=O)[nH]n1)c1cccc(C(F)(F)F)c1F. The lowest BCUT2D eigenvalue weighted by molar-refractivity contribution is -0.140. The normalized spacial score (nSPS) is 12.7. The number of nitrogens with zero attached hydrogens (tertiary/aromatic N) is 1. The fourth-order valence-electron chi connectivity index (χ4n) is 1.92. The standard InChI is InChI=1S/C14H11F4N3O2/c1-7(19-13(23)10-5-6-11(22)21-20-10)8-3-2-4-9(12(8)15)14(16,17)18/h2-7H,1H3,(H,19,23)(H,21,22). The topological polar surface area (TPSA) is 74.8 Å². The number of aromatic nitrogens is 2. The van der Waals surface area contributed by atoms with E-state index in [9.17, 15) is 27.2 Å². The van der Waals surface area contributed by atoms with E-state index in [1.54, 1.807) is 0 Å². The smallest absolute Gasteiger partial charge is 0.344 e. The third-order valence-corrected chi connectivity index (χ3v) is 3.06. The summed E-state index contributed by atoms with van der Waals surface area (Å²) in [5.41, 5.74) is -2.38. The van der Waals surface area contributed by atoms with Crippen LogP contribution in [0.15, 0.2) is 35.1 Å². The summed E-state index contributed by atoms with van der Waals surface area (Å²) in [5, 5.41) is 7.85. The van der Waals surface area contributed by atoms with E-state index in [4.69, 9.17) is 0 Å². The van der Waals surface area contributed by atoms with Gasteiger partial charge in [-0.2, -0.15) is 18.3 Å². The van der Waals surface area contributed by atoms with Crippen LogP contribution >= 0.6 is 0 Å². The van der Waals surface area contributed by atoms with Gasteiger partial charge in [0.2, 0.25) is 0 Å². The Labute approximate surface area is 127 Å². The average Bonchev–Trinajstić information content (AvgIpc) is 2.46. The molecule has 23 heavy (non-hydrogen) atoms. The van der Waals surface area contributed by atoms with Crippen molar-refractivity contribution in [1.82, 2.24) is 15.5 Å². The molecule has 1 aromatic carbocycles. The molecule has 2 aromatic rings. The second-order valence-electron chi connectivity index (χ2n) is 4.71. The molecule has 2 rings (SSSR count). The van der Waals surface area contributed by atoms with E-state index in [0.717, 1.165) is 24.3 Å². The van der Waals surface area contributed by atoms with Crippen molar-refractivity contribution < 1.29 is 22.4 Å². The van der Waals surface area contributed by atoms with E-state index in [-0.39, 0.29) is 11.3 Å². The molecule has 0 aliphatic heterocycles. The van der Waals surface area contributed by atoms with Crippen molar-refractivity contribution in [3.05, 3.63) is 63.3 Å². The average molecular weight is 329 g/mol. The minimum Gasteiger partial charge on any atom is -0.344 e. The zero-order valence-electron chi connectivity index (χ0n) is 11.7. The third kappa shape index (κ3) is 3.74. The number of aromatic amines is 1. The highest BCUT2D eigenvalue weighted by atomic mass is 19.4. The molecule has 122 valence electrons. The van der Waals surface area contributed by atoms with Crippen LogP contribution < -0.4 is 10.9 Å².